The van der Waals surface area contributed by atoms with Gasteiger partial charge in [-0.3, -0.25) is 4.79 Å². The normalized spacial score (nSPS) is 25.9. The number of fused-ring (bicyclic) bond motifs is 2. The van der Waals surface area contributed by atoms with Crippen molar-refractivity contribution in [3.63, 3.8) is 0 Å². The lowest BCUT2D eigenvalue weighted by Crippen LogP contribution is -2.43. The van der Waals surface area contributed by atoms with E-state index in [2.05, 4.69) is 46.9 Å². The van der Waals surface area contributed by atoms with Crippen LogP contribution in [0.3, 0.4) is 0 Å². The molecule has 25 heavy (non-hydrogen) atoms. The predicted molar refractivity (Wildman–Crippen MR) is 102 cm³/mol. The maximum absolute atomic E-state index is 12.5. The average molecular weight is 339 g/mol. The van der Waals surface area contributed by atoms with Crippen molar-refractivity contribution < 1.29 is 4.79 Å². The molecule has 3 atom stereocenters. The van der Waals surface area contributed by atoms with Crippen LogP contribution in [0.25, 0.3) is 10.9 Å². The highest BCUT2D eigenvalue weighted by molar-refractivity contribution is 5.86. The summed E-state index contributed by atoms with van der Waals surface area (Å²) in [5.41, 5.74) is 3.89. The van der Waals surface area contributed by atoms with Gasteiger partial charge in [0.2, 0.25) is 5.91 Å². The first-order chi connectivity index (χ1) is 12.3. The van der Waals surface area contributed by atoms with Gasteiger partial charge in [-0.1, -0.05) is 38.0 Å². The molecule has 134 valence electrons. The molecule has 4 heteroatoms. The summed E-state index contributed by atoms with van der Waals surface area (Å²) in [6, 6.07) is 7.07. The fraction of sp³-hybridized carbons (Fsp3) is 0.571. The topological polar surface area (TPSA) is 56.9 Å². The van der Waals surface area contributed by atoms with Gasteiger partial charge in [-0.25, -0.2) is 0 Å². The van der Waals surface area contributed by atoms with Crippen LogP contribution in [0.1, 0.15) is 50.2 Å². The van der Waals surface area contributed by atoms with E-state index in [1.165, 1.54) is 47.7 Å². The second-order valence-corrected chi connectivity index (χ2v) is 7.65. The minimum Gasteiger partial charge on any atom is -0.361 e. The Hall–Kier alpha value is -1.81. The van der Waals surface area contributed by atoms with Gasteiger partial charge in [0.25, 0.3) is 0 Å². The molecule has 2 heterocycles. The Morgan fingerprint density at radius 2 is 2.12 bits per heavy atom. The summed E-state index contributed by atoms with van der Waals surface area (Å²) in [7, 11) is 0. The fourth-order valence-electron chi connectivity index (χ4n) is 4.74. The molecule has 1 aromatic heterocycles. The van der Waals surface area contributed by atoms with Crippen molar-refractivity contribution in [2.24, 2.45) is 5.92 Å². The molecule has 1 aromatic carbocycles. The van der Waals surface area contributed by atoms with Gasteiger partial charge in [-0.05, 0) is 49.1 Å². The third-order valence-corrected chi connectivity index (χ3v) is 6.14. The summed E-state index contributed by atoms with van der Waals surface area (Å²) in [5.74, 6) is 0.897. The van der Waals surface area contributed by atoms with Crippen molar-refractivity contribution in [2.75, 3.05) is 6.54 Å². The monoisotopic (exact) mass is 339 g/mol. The van der Waals surface area contributed by atoms with Crippen LogP contribution in [0.5, 0.6) is 0 Å². The van der Waals surface area contributed by atoms with E-state index in [1.807, 2.05) is 0 Å². The van der Waals surface area contributed by atoms with Gasteiger partial charge in [-0.2, -0.15) is 0 Å². The van der Waals surface area contributed by atoms with E-state index in [9.17, 15) is 4.79 Å². The Morgan fingerprint density at radius 1 is 1.24 bits per heavy atom. The van der Waals surface area contributed by atoms with E-state index in [-0.39, 0.29) is 11.9 Å². The fourth-order valence-corrected chi connectivity index (χ4v) is 4.74. The van der Waals surface area contributed by atoms with Crippen LogP contribution in [-0.4, -0.2) is 29.5 Å². The standard InChI is InChI=1S/C21H29N3O/c1-2-14-7-5-8-17-16(13-23-20(14)17)10-11-22-21(25)19-12-15-6-3-4-9-18(15)24-19/h5,7-8,13,15,18-19,23-24H,2-4,6,9-12H2,1H3,(H,22,25). The third kappa shape index (κ3) is 3.32. The molecule has 0 radical (unpaired) electrons. The number of aromatic amines is 1. The van der Waals surface area contributed by atoms with E-state index >= 15 is 0 Å². The highest BCUT2D eigenvalue weighted by atomic mass is 16.2. The summed E-state index contributed by atoms with van der Waals surface area (Å²) >= 11 is 0. The van der Waals surface area contributed by atoms with Crippen LogP contribution in [0.2, 0.25) is 0 Å². The molecular weight excluding hydrogens is 310 g/mol. The molecule has 2 aliphatic rings. The molecule has 4 rings (SSSR count). The molecular formula is C21H29N3O. The minimum absolute atomic E-state index is 0.0164. The number of rotatable bonds is 5. The second-order valence-electron chi connectivity index (χ2n) is 7.65. The van der Waals surface area contributed by atoms with Crippen molar-refractivity contribution in [2.45, 2.75) is 64.0 Å². The quantitative estimate of drug-likeness (QED) is 0.783. The Bertz CT molecular complexity index is 737. The summed E-state index contributed by atoms with van der Waals surface area (Å²) < 4.78 is 0. The zero-order valence-electron chi connectivity index (χ0n) is 15.1. The lowest BCUT2D eigenvalue weighted by atomic mass is 9.85. The molecule has 0 bridgehead atoms. The van der Waals surface area contributed by atoms with Crippen LogP contribution in [-0.2, 0) is 17.6 Å². The first-order valence-corrected chi connectivity index (χ1v) is 9.88. The van der Waals surface area contributed by atoms with Gasteiger partial charge in [-0.15, -0.1) is 0 Å². The number of hydrogen-bond acceptors (Lipinski definition) is 2. The van der Waals surface area contributed by atoms with Crippen LogP contribution >= 0.6 is 0 Å². The molecule has 2 fully saturated rings. The van der Waals surface area contributed by atoms with E-state index in [0.717, 1.165) is 19.3 Å². The molecule has 3 N–H and O–H groups in total. The first kappa shape index (κ1) is 16.6. The summed E-state index contributed by atoms with van der Waals surface area (Å²) in [6.07, 6.45) is 10.2. The zero-order chi connectivity index (χ0) is 17.2. The van der Waals surface area contributed by atoms with Gasteiger partial charge < -0.3 is 15.6 Å². The summed E-state index contributed by atoms with van der Waals surface area (Å²) in [5, 5.41) is 8.00. The molecule has 1 amide bonds. The number of nitrogens with one attached hydrogen (secondary N) is 3. The van der Waals surface area contributed by atoms with E-state index in [0.29, 0.717) is 18.5 Å². The Morgan fingerprint density at radius 3 is 2.96 bits per heavy atom. The Balaban J connectivity index is 1.33. The molecule has 1 saturated heterocycles. The lowest BCUT2D eigenvalue weighted by Gasteiger charge is -2.24. The van der Waals surface area contributed by atoms with Gasteiger partial charge in [0, 0.05) is 29.7 Å². The number of carbonyl (C=O) groups is 1. The minimum atomic E-state index is 0.0164. The number of H-pyrrole nitrogens is 1. The zero-order valence-corrected chi connectivity index (χ0v) is 15.1. The number of benzene rings is 1. The predicted octanol–water partition coefficient (Wildman–Crippen LogP) is 3.31. The van der Waals surface area contributed by atoms with Gasteiger partial charge >= 0.3 is 0 Å². The van der Waals surface area contributed by atoms with Crippen molar-refractivity contribution in [3.05, 3.63) is 35.5 Å². The second kappa shape index (κ2) is 7.20. The number of aryl methyl sites for hydroxylation is 1. The molecule has 4 nitrogen and oxygen atoms in total. The lowest BCUT2D eigenvalue weighted by molar-refractivity contribution is -0.122. The summed E-state index contributed by atoms with van der Waals surface area (Å²) in [6.45, 7) is 2.89. The molecule has 3 unspecified atom stereocenters. The third-order valence-electron chi connectivity index (χ3n) is 6.14. The van der Waals surface area contributed by atoms with Crippen molar-refractivity contribution in [3.8, 4) is 0 Å². The highest BCUT2D eigenvalue weighted by Crippen LogP contribution is 2.33. The van der Waals surface area contributed by atoms with Crippen LogP contribution in [0, 0.1) is 5.92 Å². The van der Waals surface area contributed by atoms with Gasteiger partial charge in [0.1, 0.15) is 0 Å². The summed E-state index contributed by atoms with van der Waals surface area (Å²) in [4.78, 5) is 15.9. The first-order valence-electron chi connectivity index (χ1n) is 9.88. The molecule has 0 spiro atoms. The van der Waals surface area contributed by atoms with Crippen molar-refractivity contribution >= 4 is 16.8 Å². The number of amides is 1. The largest absolute Gasteiger partial charge is 0.361 e. The molecule has 2 aromatic rings. The maximum atomic E-state index is 12.5. The van der Waals surface area contributed by atoms with E-state index in [4.69, 9.17) is 0 Å². The Labute approximate surface area is 149 Å². The number of carbonyl (C=O) groups excluding carboxylic acids is 1. The SMILES string of the molecule is CCc1cccc2c(CCNC(=O)C3CC4CCCCC4N3)c[nH]c12. The van der Waals surface area contributed by atoms with Gasteiger partial charge in [0.15, 0.2) is 0 Å². The van der Waals surface area contributed by atoms with Gasteiger partial charge in [0.05, 0.1) is 6.04 Å². The maximum Gasteiger partial charge on any atom is 0.237 e. The van der Waals surface area contributed by atoms with Crippen molar-refractivity contribution in [1.29, 1.82) is 0 Å². The Kier molecular flexibility index (Phi) is 4.80. The van der Waals surface area contributed by atoms with Crippen LogP contribution in [0.4, 0.5) is 0 Å². The smallest absolute Gasteiger partial charge is 0.237 e. The van der Waals surface area contributed by atoms with E-state index < -0.39 is 0 Å². The molecule has 1 saturated carbocycles. The molecule has 1 aliphatic heterocycles. The van der Waals surface area contributed by atoms with Crippen LogP contribution in [0.15, 0.2) is 24.4 Å². The van der Waals surface area contributed by atoms with E-state index in [1.54, 1.807) is 0 Å². The van der Waals surface area contributed by atoms with Crippen LogP contribution < -0.4 is 10.6 Å². The molecule has 1 aliphatic carbocycles. The number of para-hydroxylation sites is 1. The number of aromatic nitrogens is 1. The average Bonchev–Trinajstić information content (AvgIpc) is 3.25. The number of hydrogen-bond donors (Lipinski definition) is 3. The van der Waals surface area contributed by atoms with Crippen molar-refractivity contribution in [1.82, 2.24) is 15.6 Å². The highest BCUT2D eigenvalue weighted by Gasteiger charge is 2.37.